The van der Waals surface area contributed by atoms with Gasteiger partial charge in [0.15, 0.2) is 0 Å². The van der Waals surface area contributed by atoms with Crippen LogP contribution >= 0.6 is 15.9 Å². The first kappa shape index (κ1) is 15.0. The summed E-state index contributed by atoms with van der Waals surface area (Å²) in [6, 6.07) is 10.1. The van der Waals surface area contributed by atoms with Crippen LogP contribution in [0.25, 0.3) is 0 Å². The van der Waals surface area contributed by atoms with Gasteiger partial charge in [-0.3, -0.25) is 0 Å². The summed E-state index contributed by atoms with van der Waals surface area (Å²) in [6.45, 7) is 4.48. The fraction of sp³-hybridized carbons (Fsp3) is 0.250. The first-order valence-corrected chi connectivity index (χ1v) is 7.23. The molecule has 4 heteroatoms. The lowest BCUT2D eigenvalue weighted by Gasteiger charge is -2.17. The van der Waals surface area contributed by atoms with Crippen molar-refractivity contribution in [1.82, 2.24) is 5.32 Å². The monoisotopic (exact) mass is 337 g/mol. The van der Waals surface area contributed by atoms with Crippen molar-refractivity contribution in [2.75, 3.05) is 0 Å². The van der Waals surface area contributed by atoms with Crippen LogP contribution in [-0.2, 0) is 6.54 Å². The SMILES string of the molecule is Cc1ccc(O)c(C(C)NCc2cc(F)ccc2Br)c1. The lowest BCUT2D eigenvalue weighted by Crippen LogP contribution is -2.18. The molecular weight excluding hydrogens is 321 g/mol. The quantitative estimate of drug-likeness (QED) is 0.863. The topological polar surface area (TPSA) is 32.3 Å². The molecule has 0 fully saturated rings. The third kappa shape index (κ3) is 3.58. The Bertz CT molecular complexity index is 615. The molecule has 2 aromatic carbocycles. The van der Waals surface area contributed by atoms with Gasteiger partial charge in [0, 0.05) is 22.6 Å². The van der Waals surface area contributed by atoms with E-state index in [-0.39, 0.29) is 17.6 Å². The summed E-state index contributed by atoms with van der Waals surface area (Å²) < 4.78 is 14.1. The lowest BCUT2D eigenvalue weighted by molar-refractivity contribution is 0.452. The van der Waals surface area contributed by atoms with Crippen LogP contribution in [0.4, 0.5) is 4.39 Å². The van der Waals surface area contributed by atoms with Gasteiger partial charge in [-0.05, 0) is 43.7 Å². The number of halogens is 2. The van der Waals surface area contributed by atoms with Crippen molar-refractivity contribution in [2.24, 2.45) is 0 Å². The number of benzene rings is 2. The predicted molar refractivity (Wildman–Crippen MR) is 82.2 cm³/mol. The first-order valence-electron chi connectivity index (χ1n) is 6.44. The zero-order valence-corrected chi connectivity index (χ0v) is 13.0. The highest BCUT2D eigenvalue weighted by Crippen LogP contribution is 2.26. The summed E-state index contributed by atoms with van der Waals surface area (Å²) in [4.78, 5) is 0. The molecule has 106 valence electrons. The normalized spacial score (nSPS) is 12.4. The molecule has 0 spiro atoms. The van der Waals surface area contributed by atoms with Crippen molar-refractivity contribution in [3.63, 3.8) is 0 Å². The molecule has 0 amide bonds. The predicted octanol–water partition coefficient (Wildman–Crippen LogP) is 4.45. The molecular formula is C16H17BrFNO. The summed E-state index contributed by atoms with van der Waals surface area (Å²) in [6.07, 6.45) is 0. The summed E-state index contributed by atoms with van der Waals surface area (Å²) in [5, 5.41) is 13.2. The van der Waals surface area contributed by atoms with Crippen molar-refractivity contribution in [3.05, 3.63) is 63.4 Å². The smallest absolute Gasteiger partial charge is 0.123 e. The highest BCUT2D eigenvalue weighted by Gasteiger charge is 2.11. The van der Waals surface area contributed by atoms with E-state index in [9.17, 15) is 9.50 Å². The van der Waals surface area contributed by atoms with Crippen LogP contribution in [0.5, 0.6) is 5.75 Å². The van der Waals surface area contributed by atoms with E-state index in [0.717, 1.165) is 21.2 Å². The highest BCUT2D eigenvalue weighted by atomic mass is 79.9. The Morgan fingerprint density at radius 3 is 2.75 bits per heavy atom. The summed E-state index contributed by atoms with van der Waals surface area (Å²) >= 11 is 3.41. The lowest BCUT2D eigenvalue weighted by atomic mass is 10.0. The number of hydrogen-bond acceptors (Lipinski definition) is 2. The van der Waals surface area contributed by atoms with Crippen molar-refractivity contribution in [2.45, 2.75) is 26.4 Å². The minimum Gasteiger partial charge on any atom is -0.508 e. The molecule has 0 heterocycles. The molecule has 0 bridgehead atoms. The Morgan fingerprint density at radius 2 is 2.00 bits per heavy atom. The van der Waals surface area contributed by atoms with Gasteiger partial charge in [0.25, 0.3) is 0 Å². The van der Waals surface area contributed by atoms with E-state index in [1.54, 1.807) is 12.1 Å². The van der Waals surface area contributed by atoms with Crippen LogP contribution in [0, 0.1) is 12.7 Å². The average molecular weight is 338 g/mol. The number of aryl methyl sites for hydroxylation is 1. The molecule has 1 unspecified atom stereocenters. The molecule has 0 radical (unpaired) electrons. The van der Waals surface area contributed by atoms with Gasteiger partial charge in [0.05, 0.1) is 0 Å². The Balaban J connectivity index is 2.10. The van der Waals surface area contributed by atoms with Gasteiger partial charge in [-0.25, -0.2) is 4.39 Å². The third-order valence-electron chi connectivity index (χ3n) is 3.26. The zero-order valence-electron chi connectivity index (χ0n) is 11.5. The van der Waals surface area contributed by atoms with Gasteiger partial charge >= 0.3 is 0 Å². The van der Waals surface area contributed by atoms with E-state index >= 15 is 0 Å². The second-order valence-electron chi connectivity index (χ2n) is 4.90. The van der Waals surface area contributed by atoms with Gasteiger partial charge in [0.1, 0.15) is 11.6 Å². The number of nitrogens with one attached hydrogen (secondary N) is 1. The Kier molecular flexibility index (Phi) is 4.78. The highest BCUT2D eigenvalue weighted by molar-refractivity contribution is 9.10. The minimum atomic E-state index is -0.254. The third-order valence-corrected chi connectivity index (χ3v) is 4.03. The van der Waals surface area contributed by atoms with Crippen molar-refractivity contribution < 1.29 is 9.50 Å². The number of phenolic OH excluding ortho intramolecular Hbond substituents is 1. The molecule has 20 heavy (non-hydrogen) atoms. The van der Waals surface area contributed by atoms with E-state index in [0.29, 0.717) is 6.54 Å². The molecule has 0 aliphatic rings. The van der Waals surface area contributed by atoms with Gasteiger partial charge in [-0.15, -0.1) is 0 Å². The van der Waals surface area contributed by atoms with Crippen LogP contribution in [0.3, 0.4) is 0 Å². The maximum atomic E-state index is 13.2. The maximum absolute atomic E-state index is 13.2. The fourth-order valence-electron chi connectivity index (χ4n) is 2.07. The summed E-state index contributed by atoms with van der Waals surface area (Å²) in [5.41, 5.74) is 2.79. The van der Waals surface area contributed by atoms with Gasteiger partial charge in [-0.2, -0.15) is 0 Å². The van der Waals surface area contributed by atoms with Crippen molar-refractivity contribution in [3.8, 4) is 5.75 Å². The molecule has 0 aliphatic heterocycles. The molecule has 2 nitrogen and oxygen atoms in total. The maximum Gasteiger partial charge on any atom is 0.123 e. The second kappa shape index (κ2) is 6.37. The number of phenols is 1. The molecule has 2 N–H and O–H groups in total. The van der Waals surface area contributed by atoms with E-state index < -0.39 is 0 Å². The van der Waals surface area contributed by atoms with Gasteiger partial charge in [0.2, 0.25) is 0 Å². The first-order chi connectivity index (χ1) is 9.47. The van der Waals surface area contributed by atoms with Crippen LogP contribution in [0.15, 0.2) is 40.9 Å². The molecule has 2 aromatic rings. The minimum absolute atomic E-state index is 0.0231. The zero-order chi connectivity index (χ0) is 14.7. The Hall–Kier alpha value is -1.39. The molecule has 1 atom stereocenters. The average Bonchev–Trinajstić information content (AvgIpc) is 2.42. The van der Waals surface area contributed by atoms with Crippen LogP contribution in [0.1, 0.15) is 29.7 Å². The molecule has 0 saturated heterocycles. The van der Waals surface area contributed by atoms with Crippen molar-refractivity contribution in [1.29, 1.82) is 0 Å². The molecule has 0 aliphatic carbocycles. The van der Waals surface area contributed by atoms with Crippen LogP contribution < -0.4 is 5.32 Å². The summed E-state index contributed by atoms with van der Waals surface area (Å²) in [7, 11) is 0. The van der Waals surface area contributed by atoms with Gasteiger partial charge in [-0.1, -0.05) is 33.6 Å². The number of rotatable bonds is 4. The van der Waals surface area contributed by atoms with Gasteiger partial charge < -0.3 is 10.4 Å². The second-order valence-corrected chi connectivity index (χ2v) is 5.75. The number of aromatic hydroxyl groups is 1. The molecule has 2 rings (SSSR count). The standard InChI is InChI=1S/C16H17BrFNO/c1-10-3-6-16(20)14(7-10)11(2)19-9-12-8-13(18)4-5-15(12)17/h3-8,11,19-20H,9H2,1-2H3. The molecule has 0 saturated carbocycles. The van der Waals surface area contributed by atoms with E-state index in [2.05, 4.69) is 21.2 Å². The Labute approximate surface area is 126 Å². The fourth-order valence-corrected chi connectivity index (χ4v) is 2.46. The van der Waals surface area contributed by atoms with Crippen LogP contribution in [0.2, 0.25) is 0 Å². The van der Waals surface area contributed by atoms with E-state index in [1.807, 2.05) is 26.0 Å². The largest absolute Gasteiger partial charge is 0.508 e. The van der Waals surface area contributed by atoms with Crippen molar-refractivity contribution >= 4 is 15.9 Å². The Morgan fingerprint density at radius 1 is 1.25 bits per heavy atom. The summed E-state index contributed by atoms with van der Waals surface area (Å²) in [5.74, 6) is 0.0185. The van der Waals surface area contributed by atoms with Crippen LogP contribution in [-0.4, -0.2) is 5.11 Å². The molecule has 0 aromatic heterocycles. The van der Waals surface area contributed by atoms with E-state index in [1.165, 1.54) is 12.1 Å². The number of hydrogen-bond donors (Lipinski definition) is 2. The van der Waals surface area contributed by atoms with E-state index in [4.69, 9.17) is 0 Å².